The number of amides is 1. The summed E-state index contributed by atoms with van der Waals surface area (Å²) in [5, 5.41) is 0. The molecule has 0 atom stereocenters. The third-order valence-electron chi connectivity index (χ3n) is 4.68. The van der Waals surface area contributed by atoms with Gasteiger partial charge in [-0.25, -0.2) is 0 Å². The minimum Gasteiger partial charge on any atom is -0.340 e. The van der Waals surface area contributed by atoms with Crippen LogP contribution in [0.1, 0.15) is 90.4 Å². The van der Waals surface area contributed by atoms with E-state index in [1.54, 1.807) is 0 Å². The molecule has 2 N–H and O–H groups in total. The zero-order valence-electron chi connectivity index (χ0n) is 14.1. The number of rotatable bonds is 10. The molecule has 0 aliphatic heterocycles. The Hall–Kier alpha value is -0.570. The predicted octanol–water partition coefficient (Wildman–Crippen LogP) is 4.25. The summed E-state index contributed by atoms with van der Waals surface area (Å²) in [4.78, 5) is 14.8. The van der Waals surface area contributed by atoms with Crippen molar-refractivity contribution >= 4 is 5.91 Å². The van der Waals surface area contributed by atoms with E-state index >= 15 is 0 Å². The first-order valence-corrected chi connectivity index (χ1v) is 9.29. The van der Waals surface area contributed by atoms with E-state index in [0.29, 0.717) is 18.5 Å². The molecule has 0 bridgehead atoms. The van der Waals surface area contributed by atoms with Gasteiger partial charge in [-0.15, -0.1) is 0 Å². The molecule has 0 aromatic rings. The van der Waals surface area contributed by atoms with Gasteiger partial charge in [-0.1, -0.05) is 58.3 Å². The quantitative estimate of drug-likeness (QED) is 0.484. The monoisotopic (exact) mass is 296 g/mol. The second-order valence-electron chi connectivity index (χ2n) is 6.54. The van der Waals surface area contributed by atoms with E-state index in [1.165, 1.54) is 64.2 Å². The van der Waals surface area contributed by atoms with Gasteiger partial charge in [-0.3, -0.25) is 4.79 Å². The highest BCUT2D eigenvalue weighted by Crippen LogP contribution is 2.23. The molecule has 3 heteroatoms. The maximum atomic E-state index is 12.6. The number of hydrogen-bond donors (Lipinski definition) is 1. The fraction of sp³-hybridized carbons (Fsp3) is 0.944. The zero-order valence-corrected chi connectivity index (χ0v) is 14.1. The number of unbranched alkanes of at least 4 members (excludes halogenated alkanes) is 4. The van der Waals surface area contributed by atoms with Crippen LogP contribution in [0.15, 0.2) is 0 Å². The van der Waals surface area contributed by atoms with E-state index in [-0.39, 0.29) is 0 Å². The molecule has 0 radical (unpaired) electrons. The number of hydrogen-bond acceptors (Lipinski definition) is 2. The van der Waals surface area contributed by atoms with Crippen LogP contribution < -0.4 is 5.73 Å². The third kappa shape index (κ3) is 7.85. The van der Waals surface area contributed by atoms with Gasteiger partial charge in [0.1, 0.15) is 0 Å². The van der Waals surface area contributed by atoms with E-state index in [4.69, 9.17) is 5.73 Å². The van der Waals surface area contributed by atoms with E-state index in [9.17, 15) is 4.79 Å². The number of nitrogens with two attached hydrogens (primary N) is 1. The Labute approximate surface area is 131 Å². The van der Waals surface area contributed by atoms with Gasteiger partial charge in [-0.2, -0.15) is 0 Å². The van der Waals surface area contributed by atoms with Gasteiger partial charge in [0.2, 0.25) is 5.91 Å². The molecule has 0 heterocycles. The first-order valence-electron chi connectivity index (χ1n) is 9.29. The molecular weight excluding hydrogens is 260 g/mol. The highest BCUT2D eigenvalue weighted by atomic mass is 16.2. The Morgan fingerprint density at radius 3 is 2.29 bits per heavy atom. The lowest BCUT2D eigenvalue weighted by Crippen LogP contribution is -2.41. The van der Waals surface area contributed by atoms with Gasteiger partial charge in [0.05, 0.1) is 0 Å². The van der Waals surface area contributed by atoms with E-state index in [2.05, 4.69) is 11.8 Å². The van der Waals surface area contributed by atoms with Crippen LogP contribution in [0.5, 0.6) is 0 Å². The van der Waals surface area contributed by atoms with Gasteiger partial charge >= 0.3 is 0 Å². The van der Waals surface area contributed by atoms with Gasteiger partial charge in [0.25, 0.3) is 0 Å². The Morgan fingerprint density at radius 1 is 1.00 bits per heavy atom. The number of nitrogens with zero attached hydrogens (tertiary/aromatic N) is 1. The highest BCUT2D eigenvalue weighted by Gasteiger charge is 2.23. The van der Waals surface area contributed by atoms with Gasteiger partial charge < -0.3 is 10.6 Å². The number of carbonyl (C=O) groups excluding carboxylic acids is 1. The fourth-order valence-corrected chi connectivity index (χ4v) is 3.37. The van der Waals surface area contributed by atoms with Crippen molar-refractivity contribution in [2.24, 2.45) is 5.73 Å². The SMILES string of the molecule is CCCCCCCC(=O)N(CCCN)C1CCCCCC1. The molecular formula is C18H36N2O. The van der Waals surface area contributed by atoms with Crippen LogP contribution in [0.3, 0.4) is 0 Å². The number of carbonyl (C=O) groups is 1. The molecule has 0 unspecified atom stereocenters. The van der Waals surface area contributed by atoms with Crippen molar-refractivity contribution in [2.75, 3.05) is 13.1 Å². The van der Waals surface area contributed by atoms with Crippen LogP contribution in [0, 0.1) is 0 Å². The Bertz CT molecular complexity index is 260. The normalized spacial score (nSPS) is 16.7. The van der Waals surface area contributed by atoms with Crippen molar-refractivity contribution in [3.05, 3.63) is 0 Å². The largest absolute Gasteiger partial charge is 0.340 e. The molecule has 1 amide bonds. The van der Waals surface area contributed by atoms with Crippen LogP contribution in [0.25, 0.3) is 0 Å². The minimum absolute atomic E-state index is 0.381. The minimum atomic E-state index is 0.381. The first-order chi connectivity index (χ1) is 10.3. The van der Waals surface area contributed by atoms with Gasteiger partial charge in [-0.05, 0) is 32.2 Å². The average molecular weight is 296 g/mol. The van der Waals surface area contributed by atoms with Gasteiger partial charge in [0, 0.05) is 19.0 Å². The molecule has 1 aliphatic carbocycles. The summed E-state index contributed by atoms with van der Waals surface area (Å²) >= 11 is 0. The van der Waals surface area contributed by atoms with Gasteiger partial charge in [0.15, 0.2) is 0 Å². The van der Waals surface area contributed by atoms with Crippen LogP contribution in [-0.4, -0.2) is 29.9 Å². The van der Waals surface area contributed by atoms with E-state index in [1.807, 2.05) is 0 Å². The predicted molar refractivity (Wildman–Crippen MR) is 90.3 cm³/mol. The summed E-state index contributed by atoms with van der Waals surface area (Å²) in [6.45, 7) is 3.79. The second kappa shape index (κ2) is 12.0. The third-order valence-corrected chi connectivity index (χ3v) is 4.68. The van der Waals surface area contributed by atoms with Crippen molar-refractivity contribution < 1.29 is 4.79 Å². The van der Waals surface area contributed by atoms with Crippen LogP contribution >= 0.6 is 0 Å². The lowest BCUT2D eigenvalue weighted by atomic mass is 10.0. The second-order valence-corrected chi connectivity index (χ2v) is 6.54. The molecule has 124 valence electrons. The van der Waals surface area contributed by atoms with Crippen LogP contribution in [-0.2, 0) is 4.79 Å². The lowest BCUT2D eigenvalue weighted by molar-refractivity contribution is -0.134. The molecule has 1 aliphatic rings. The summed E-state index contributed by atoms with van der Waals surface area (Å²) in [7, 11) is 0. The van der Waals surface area contributed by atoms with Crippen molar-refractivity contribution in [3.8, 4) is 0 Å². The van der Waals surface area contributed by atoms with E-state index in [0.717, 1.165) is 25.8 Å². The molecule has 1 saturated carbocycles. The standard InChI is InChI=1S/C18H36N2O/c1-2-3-4-5-10-14-18(21)20(16-11-15-19)17-12-8-6-7-9-13-17/h17H,2-16,19H2,1H3. The summed E-state index contributed by atoms with van der Waals surface area (Å²) in [6, 6.07) is 0.488. The molecule has 1 fully saturated rings. The van der Waals surface area contributed by atoms with Crippen molar-refractivity contribution in [1.82, 2.24) is 4.90 Å². The van der Waals surface area contributed by atoms with Crippen molar-refractivity contribution in [1.29, 1.82) is 0 Å². The molecule has 21 heavy (non-hydrogen) atoms. The van der Waals surface area contributed by atoms with Crippen molar-refractivity contribution in [3.63, 3.8) is 0 Å². The van der Waals surface area contributed by atoms with Crippen molar-refractivity contribution in [2.45, 2.75) is 96.4 Å². The molecule has 0 saturated heterocycles. The Morgan fingerprint density at radius 2 is 1.67 bits per heavy atom. The summed E-state index contributed by atoms with van der Waals surface area (Å²) in [5.41, 5.74) is 5.65. The Balaban J connectivity index is 2.40. The van der Waals surface area contributed by atoms with E-state index < -0.39 is 0 Å². The summed E-state index contributed by atoms with van der Waals surface area (Å²) < 4.78 is 0. The summed E-state index contributed by atoms with van der Waals surface area (Å²) in [6.07, 6.45) is 15.4. The summed E-state index contributed by atoms with van der Waals surface area (Å²) in [5.74, 6) is 0.381. The molecule has 0 aromatic carbocycles. The Kier molecular flexibility index (Phi) is 10.6. The zero-order chi connectivity index (χ0) is 15.3. The molecule has 0 spiro atoms. The first kappa shape index (κ1) is 18.5. The maximum absolute atomic E-state index is 12.6. The molecule has 0 aromatic heterocycles. The highest BCUT2D eigenvalue weighted by molar-refractivity contribution is 5.76. The molecule has 1 rings (SSSR count). The average Bonchev–Trinajstić information content (AvgIpc) is 2.77. The van der Waals surface area contributed by atoms with Crippen LogP contribution in [0.2, 0.25) is 0 Å². The fourth-order valence-electron chi connectivity index (χ4n) is 3.37. The van der Waals surface area contributed by atoms with Crippen LogP contribution in [0.4, 0.5) is 0 Å². The topological polar surface area (TPSA) is 46.3 Å². The molecule has 3 nitrogen and oxygen atoms in total. The maximum Gasteiger partial charge on any atom is 0.222 e. The lowest BCUT2D eigenvalue weighted by Gasteiger charge is -2.31. The smallest absolute Gasteiger partial charge is 0.222 e.